The van der Waals surface area contributed by atoms with Gasteiger partial charge in [-0.1, -0.05) is 29.8 Å². The Labute approximate surface area is 117 Å². The van der Waals surface area contributed by atoms with Crippen molar-refractivity contribution in [3.8, 4) is 6.07 Å². The van der Waals surface area contributed by atoms with E-state index in [1.165, 1.54) is 0 Å². The van der Waals surface area contributed by atoms with E-state index < -0.39 is 0 Å². The van der Waals surface area contributed by atoms with Crippen LogP contribution in [0.5, 0.6) is 0 Å². The van der Waals surface area contributed by atoms with E-state index in [0.717, 1.165) is 11.3 Å². The van der Waals surface area contributed by atoms with Crippen molar-refractivity contribution in [2.75, 3.05) is 17.7 Å². The third kappa shape index (κ3) is 2.81. The van der Waals surface area contributed by atoms with Crippen LogP contribution >= 0.6 is 11.6 Å². The van der Waals surface area contributed by atoms with Crippen molar-refractivity contribution < 1.29 is 0 Å². The van der Waals surface area contributed by atoms with E-state index in [9.17, 15) is 0 Å². The number of nitrogen functional groups attached to an aromatic ring is 1. The minimum atomic E-state index is 0.560. The normalized spacial score (nSPS) is 9.95. The molecule has 3 nitrogen and oxygen atoms in total. The highest BCUT2D eigenvalue weighted by Crippen LogP contribution is 2.26. The minimum Gasteiger partial charge on any atom is -0.398 e. The van der Waals surface area contributed by atoms with Crippen molar-refractivity contribution >= 4 is 23.0 Å². The molecule has 2 rings (SSSR count). The first-order valence-electron chi connectivity index (χ1n) is 5.86. The summed E-state index contributed by atoms with van der Waals surface area (Å²) in [5.74, 6) is 0. The predicted octanol–water partition coefficient (Wildman–Crippen LogP) is 3.43. The van der Waals surface area contributed by atoms with Crippen LogP contribution in [0.1, 0.15) is 11.1 Å². The highest BCUT2D eigenvalue weighted by molar-refractivity contribution is 6.31. The van der Waals surface area contributed by atoms with Crippen LogP contribution in [0.4, 0.5) is 11.4 Å². The molecule has 0 saturated heterocycles. The molecule has 0 bridgehead atoms. The molecule has 0 atom stereocenters. The van der Waals surface area contributed by atoms with Crippen molar-refractivity contribution in [2.45, 2.75) is 6.54 Å². The molecular formula is C15H14ClN3. The molecule has 0 heterocycles. The van der Waals surface area contributed by atoms with Crippen LogP contribution in [0, 0.1) is 11.3 Å². The van der Waals surface area contributed by atoms with Gasteiger partial charge in [0, 0.05) is 29.9 Å². The summed E-state index contributed by atoms with van der Waals surface area (Å²) in [6.45, 7) is 0.560. The number of nitrogens with two attached hydrogens (primary N) is 1. The SMILES string of the molecule is CN(Cc1c(N)cccc1Cl)c1ccccc1C#N. The lowest BCUT2D eigenvalue weighted by atomic mass is 10.1. The summed E-state index contributed by atoms with van der Waals surface area (Å²) in [6, 6.07) is 15.1. The maximum Gasteiger partial charge on any atom is 0.101 e. The molecule has 0 spiro atoms. The lowest BCUT2D eigenvalue weighted by Gasteiger charge is -2.22. The molecule has 0 aromatic heterocycles. The molecule has 2 N–H and O–H groups in total. The van der Waals surface area contributed by atoms with Crippen LogP contribution in [0.15, 0.2) is 42.5 Å². The van der Waals surface area contributed by atoms with Gasteiger partial charge in [-0.3, -0.25) is 0 Å². The topological polar surface area (TPSA) is 53.0 Å². The number of hydrogen-bond donors (Lipinski definition) is 1. The molecule has 0 fully saturated rings. The lowest BCUT2D eigenvalue weighted by molar-refractivity contribution is 0.923. The molecular weight excluding hydrogens is 258 g/mol. The molecule has 0 aliphatic rings. The largest absolute Gasteiger partial charge is 0.398 e. The van der Waals surface area contributed by atoms with Gasteiger partial charge in [0.1, 0.15) is 6.07 Å². The Kier molecular flexibility index (Phi) is 3.94. The van der Waals surface area contributed by atoms with E-state index in [-0.39, 0.29) is 0 Å². The van der Waals surface area contributed by atoms with Gasteiger partial charge in [0.2, 0.25) is 0 Å². The summed E-state index contributed by atoms with van der Waals surface area (Å²) in [5, 5.41) is 9.76. The molecule has 96 valence electrons. The fraction of sp³-hybridized carbons (Fsp3) is 0.133. The van der Waals surface area contributed by atoms with E-state index >= 15 is 0 Å². The second-order valence-electron chi connectivity index (χ2n) is 4.29. The van der Waals surface area contributed by atoms with E-state index in [4.69, 9.17) is 22.6 Å². The molecule has 2 aromatic carbocycles. The van der Waals surface area contributed by atoms with Crippen LogP contribution in [-0.2, 0) is 6.54 Å². The number of rotatable bonds is 3. The van der Waals surface area contributed by atoms with Crippen LogP contribution in [-0.4, -0.2) is 7.05 Å². The second kappa shape index (κ2) is 5.64. The zero-order valence-corrected chi connectivity index (χ0v) is 11.4. The third-order valence-electron chi connectivity index (χ3n) is 2.99. The van der Waals surface area contributed by atoms with Gasteiger partial charge in [0.25, 0.3) is 0 Å². The van der Waals surface area contributed by atoms with Crippen LogP contribution in [0.2, 0.25) is 5.02 Å². The first-order valence-corrected chi connectivity index (χ1v) is 6.24. The van der Waals surface area contributed by atoms with Gasteiger partial charge >= 0.3 is 0 Å². The number of benzene rings is 2. The molecule has 0 aliphatic heterocycles. The Hall–Kier alpha value is -2.18. The van der Waals surface area contributed by atoms with Crippen molar-refractivity contribution in [2.24, 2.45) is 0 Å². The Morgan fingerprint density at radius 1 is 1.21 bits per heavy atom. The zero-order chi connectivity index (χ0) is 13.8. The number of halogens is 1. The zero-order valence-electron chi connectivity index (χ0n) is 10.6. The van der Waals surface area contributed by atoms with E-state index in [0.29, 0.717) is 22.8 Å². The number of hydrogen-bond acceptors (Lipinski definition) is 3. The maximum absolute atomic E-state index is 9.12. The standard InChI is InChI=1S/C15H14ClN3/c1-19(15-8-3-2-5-11(15)9-17)10-12-13(16)6-4-7-14(12)18/h2-8H,10,18H2,1H3. The first-order chi connectivity index (χ1) is 9.13. The Morgan fingerprint density at radius 3 is 2.63 bits per heavy atom. The summed E-state index contributed by atoms with van der Waals surface area (Å²) in [6.07, 6.45) is 0. The van der Waals surface area contributed by atoms with Crippen molar-refractivity contribution in [3.05, 3.63) is 58.6 Å². The molecule has 4 heteroatoms. The number of anilines is 2. The molecule has 0 saturated carbocycles. The first kappa shape index (κ1) is 13.3. The van der Waals surface area contributed by atoms with Gasteiger partial charge in [-0.15, -0.1) is 0 Å². The van der Waals surface area contributed by atoms with E-state index in [1.807, 2.05) is 48.3 Å². The summed E-state index contributed by atoms with van der Waals surface area (Å²) in [7, 11) is 1.92. The number of nitriles is 1. The maximum atomic E-state index is 9.12. The second-order valence-corrected chi connectivity index (χ2v) is 4.70. The van der Waals surface area contributed by atoms with Gasteiger partial charge in [0.05, 0.1) is 11.3 Å². The van der Waals surface area contributed by atoms with Gasteiger partial charge < -0.3 is 10.6 Å². The fourth-order valence-corrected chi connectivity index (χ4v) is 2.21. The Bertz CT molecular complexity index is 611. The fourth-order valence-electron chi connectivity index (χ4n) is 1.97. The van der Waals surface area contributed by atoms with E-state index in [1.54, 1.807) is 6.07 Å². The average molecular weight is 272 g/mol. The average Bonchev–Trinajstić information content (AvgIpc) is 2.42. The number of nitrogens with zero attached hydrogens (tertiary/aromatic N) is 2. The summed E-state index contributed by atoms with van der Waals surface area (Å²) in [5.41, 5.74) is 8.98. The lowest BCUT2D eigenvalue weighted by Crippen LogP contribution is -2.18. The third-order valence-corrected chi connectivity index (χ3v) is 3.34. The highest BCUT2D eigenvalue weighted by atomic mass is 35.5. The predicted molar refractivity (Wildman–Crippen MR) is 79.1 cm³/mol. The van der Waals surface area contributed by atoms with Gasteiger partial charge in [-0.25, -0.2) is 0 Å². The van der Waals surface area contributed by atoms with Crippen molar-refractivity contribution in [1.82, 2.24) is 0 Å². The quantitative estimate of drug-likeness (QED) is 0.870. The summed E-state index contributed by atoms with van der Waals surface area (Å²) < 4.78 is 0. The van der Waals surface area contributed by atoms with Gasteiger partial charge in [0.15, 0.2) is 0 Å². The summed E-state index contributed by atoms with van der Waals surface area (Å²) >= 11 is 6.16. The Balaban J connectivity index is 2.32. The van der Waals surface area contributed by atoms with Crippen LogP contribution in [0.3, 0.4) is 0 Å². The van der Waals surface area contributed by atoms with E-state index in [2.05, 4.69) is 6.07 Å². The Morgan fingerprint density at radius 2 is 1.95 bits per heavy atom. The molecule has 0 unspecified atom stereocenters. The van der Waals surface area contributed by atoms with Crippen LogP contribution in [0.25, 0.3) is 0 Å². The van der Waals surface area contributed by atoms with Gasteiger partial charge in [-0.2, -0.15) is 5.26 Å². The minimum absolute atomic E-state index is 0.560. The van der Waals surface area contributed by atoms with Gasteiger partial charge in [-0.05, 0) is 24.3 Å². The molecule has 2 aromatic rings. The molecule has 0 aliphatic carbocycles. The molecule has 19 heavy (non-hydrogen) atoms. The van der Waals surface area contributed by atoms with Crippen molar-refractivity contribution in [3.63, 3.8) is 0 Å². The number of para-hydroxylation sites is 1. The molecule has 0 amide bonds. The summed E-state index contributed by atoms with van der Waals surface area (Å²) in [4.78, 5) is 1.97. The monoisotopic (exact) mass is 271 g/mol. The van der Waals surface area contributed by atoms with Crippen LogP contribution < -0.4 is 10.6 Å². The van der Waals surface area contributed by atoms with Crippen molar-refractivity contribution in [1.29, 1.82) is 5.26 Å². The smallest absolute Gasteiger partial charge is 0.101 e. The molecule has 0 radical (unpaired) electrons. The highest BCUT2D eigenvalue weighted by Gasteiger charge is 2.11.